The zero-order valence-electron chi connectivity index (χ0n) is 14.5. The molecule has 0 saturated carbocycles. The number of rotatable bonds is 2. The summed E-state index contributed by atoms with van der Waals surface area (Å²) in [6.45, 7) is 1.55. The van der Waals surface area contributed by atoms with Gasteiger partial charge in [-0.3, -0.25) is 4.79 Å². The fourth-order valence-electron chi connectivity index (χ4n) is 2.84. The van der Waals surface area contributed by atoms with Gasteiger partial charge in [-0.15, -0.1) is 0 Å². The number of anilines is 1. The molecule has 1 amide bonds. The van der Waals surface area contributed by atoms with Crippen LogP contribution < -0.4 is 5.73 Å². The minimum Gasteiger partial charge on any atom is -0.399 e. The van der Waals surface area contributed by atoms with Crippen molar-refractivity contribution in [2.24, 2.45) is 5.10 Å². The summed E-state index contributed by atoms with van der Waals surface area (Å²) >= 11 is 0. The summed E-state index contributed by atoms with van der Waals surface area (Å²) in [5.41, 5.74) is 9.48. The molecule has 1 unspecified atom stereocenters. The van der Waals surface area contributed by atoms with Crippen molar-refractivity contribution >= 4 is 17.3 Å². The van der Waals surface area contributed by atoms with Crippen molar-refractivity contribution in [3.63, 3.8) is 0 Å². The van der Waals surface area contributed by atoms with E-state index in [-0.39, 0.29) is 29.0 Å². The molecular formula is C21H21FeN3O. The van der Waals surface area contributed by atoms with E-state index in [1.54, 1.807) is 11.9 Å². The van der Waals surface area contributed by atoms with Crippen LogP contribution in [0.4, 0.5) is 5.69 Å². The third-order valence-corrected chi connectivity index (χ3v) is 4.11. The standard InChI is InChI=1S/C16H16N3O.C5H5.Fe/c1-11(20)19-16(13-4-2-3-5-13)10-15(18-19)12-6-8-14(17)9-7-12;1-2-4-5-3-1;/h2-9,16H,10,17H2,1H3;1-5H;/q2*-1;+2. The molecule has 1 aliphatic heterocycles. The Kier molecular flexibility index (Phi) is 6.96. The van der Waals surface area contributed by atoms with Gasteiger partial charge in [0.05, 0.1) is 5.71 Å². The Bertz CT molecular complexity index is 804. The molecule has 3 aromatic carbocycles. The van der Waals surface area contributed by atoms with Gasteiger partial charge in [-0.2, -0.15) is 47.1 Å². The van der Waals surface area contributed by atoms with Crippen LogP contribution in [0.3, 0.4) is 0 Å². The van der Waals surface area contributed by atoms with Crippen molar-refractivity contribution in [1.82, 2.24) is 5.01 Å². The Balaban J connectivity index is 0.000000351. The monoisotopic (exact) mass is 387 g/mol. The Morgan fingerprint density at radius 3 is 2.31 bits per heavy atom. The molecule has 1 heterocycles. The summed E-state index contributed by atoms with van der Waals surface area (Å²) in [5, 5.41) is 6.05. The smallest absolute Gasteiger partial charge is 0.399 e. The van der Waals surface area contributed by atoms with E-state index in [9.17, 15) is 4.79 Å². The Morgan fingerprint density at radius 1 is 1.12 bits per heavy atom. The maximum atomic E-state index is 11.8. The summed E-state index contributed by atoms with van der Waals surface area (Å²) in [4.78, 5) is 11.8. The first-order valence-corrected chi connectivity index (χ1v) is 8.26. The quantitative estimate of drug-likeness (QED) is 0.409. The van der Waals surface area contributed by atoms with Crippen molar-refractivity contribution in [2.45, 2.75) is 19.4 Å². The van der Waals surface area contributed by atoms with E-state index in [2.05, 4.69) is 5.10 Å². The molecule has 26 heavy (non-hydrogen) atoms. The number of carbonyl (C=O) groups excluding carboxylic acids is 1. The van der Waals surface area contributed by atoms with Crippen LogP contribution in [-0.4, -0.2) is 16.6 Å². The van der Waals surface area contributed by atoms with E-state index in [1.165, 1.54) is 0 Å². The van der Waals surface area contributed by atoms with Crippen LogP contribution in [0.5, 0.6) is 0 Å². The number of hydrazone groups is 1. The summed E-state index contributed by atoms with van der Waals surface area (Å²) < 4.78 is 0. The van der Waals surface area contributed by atoms with Crippen LogP contribution in [0.1, 0.15) is 30.5 Å². The first-order valence-electron chi connectivity index (χ1n) is 8.26. The predicted molar refractivity (Wildman–Crippen MR) is 101 cm³/mol. The van der Waals surface area contributed by atoms with E-state index in [1.807, 2.05) is 78.9 Å². The van der Waals surface area contributed by atoms with Gasteiger partial charge in [0.25, 0.3) is 0 Å². The molecule has 0 aromatic heterocycles. The average molecular weight is 387 g/mol. The first-order chi connectivity index (χ1) is 12.1. The van der Waals surface area contributed by atoms with Crippen molar-refractivity contribution in [1.29, 1.82) is 0 Å². The predicted octanol–water partition coefficient (Wildman–Crippen LogP) is 4.09. The molecule has 1 atom stereocenters. The zero-order chi connectivity index (χ0) is 17.6. The number of benzene rings is 1. The second-order valence-corrected chi connectivity index (χ2v) is 5.93. The number of carbonyl (C=O) groups is 1. The SMILES string of the molecule is CC(=O)N1N=C(c2ccc(N)cc2)CC1c1cc[cH-]c1.[Fe+2].c1cc[cH-]c1. The van der Waals surface area contributed by atoms with Gasteiger partial charge >= 0.3 is 17.1 Å². The molecule has 1 aliphatic rings. The van der Waals surface area contributed by atoms with Gasteiger partial charge in [0.2, 0.25) is 5.91 Å². The molecule has 0 aliphatic carbocycles. The number of hydrogen-bond donors (Lipinski definition) is 1. The summed E-state index contributed by atoms with van der Waals surface area (Å²) in [5.74, 6) is -0.0401. The summed E-state index contributed by atoms with van der Waals surface area (Å²) in [6, 6.07) is 25.6. The number of nitrogens with zero attached hydrogens (tertiary/aromatic N) is 2. The fourth-order valence-corrected chi connectivity index (χ4v) is 2.84. The molecule has 0 bridgehead atoms. The molecule has 0 spiro atoms. The third kappa shape index (κ3) is 4.72. The maximum absolute atomic E-state index is 11.8. The second kappa shape index (κ2) is 9.18. The molecular weight excluding hydrogens is 366 g/mol. The molecule has 2 N–H and O–H groups in total. The van der Waals surface area contributed by atoms with Crippen LogP contribution in [0, 0.1) is 0 Å². The molecule has 0 radical (unpaired) electrons. The topological polar surface area (TPSA) is 58.7 Å². The normalized spacial score (nSPS) is 15.5. The van der Waals surface area contributed by atoms with Crippen LogP contribution in [-0.2, 0) is 21.9 Å². The number of nitrogens with two attached hydrogens (primary N) is 1. The van der Waals surface area contributed by atoms with E-state index in [0.717, 1.165) is 28.9 Å². The van der Waals surface area contributed by atoms with Gasteiger partial charge in [0, 0.05) is 25.1 Å². The Hall–Kier alpha value is -2.62. The first kappa shape index (κ1) is 19.7. The van der Waals surface area contributed by atoms with Crippen molar-refractivity contribution in [2.75, 3.05) is 5.73 Å². The van der Waals surface area contributed by atoms with Gasteiger partial charge in [0.15, 0.2) is 0 Å². The number of hydrogen-bond acceptors (Lipinski definition) is 3. The van der Waals surface area contributed by atoms with Gasteiger partial charge < -0.3 is 5.73 Å². The molecule has 4 rings (SSSR count). The fraction of sp³-hybridized carbons (Fsp3) is 0.143. The molecule has 3 aromatic rings. The third-order valence-electron chi connectivity index (χ3n) is 4.11. The van der Waals surface area contributed by atoms with Gasteiger partial charge in [0.1, 0.15) is 0 Å². The van der Waals surface area contributed by atoms with Crippen molar-refractivity contribution in [3.05, 3.63) is 90.0 Å². The van der Waals surface area contributed by atoms with Crippen LogP contribution in [0.2, 0.25) is 0 Å². The second-order valence-electron chi connectivity index (χ2n) is 5.93. The maximum Gasteiger partial charge on any atom is 2.00 e. The Morgan fingerprint density at radius 2 is 1.81 bits per heavy atom. The molecule has 0 saturated heterocycles. The van der Waals surface area contributed by atoms with E-state index < -0.39 is 0 Å². The molecule has 0 fully saturated rings. The van der Waals surface area contributed by atoms with Crippen molar-refractivity contribution in [3.8, 4) is 0 Å². The zero-order valence-corrected chi connectivity index (χ0v) is 15.6. The minimum atomic E-state index is -0.0401. The van der Waals surface area contributed by atoms with E-state index >= 15 is 0 Å². The average Bonchev–Trinajstić information content (AvgIpc) is 3.36. The molecule has 5 heteroatoms. The summed E-state index contributed by atoms with van der Waals surface area (Å²) in [7, 11) is 0. The summed E-state index contributed by atoms with van der Waals surface area (Å²) in [6.07, 6.45) is 0.730. The molecule has 134 valence electrons. The van der Waals surface area contributed by atoms with Gasteiger partial charge in [-0.1, -0.05) is 12.1 Å². The Labute approximate surface area is 164 Å². The van der Waals surface area contributed by atoms with E-state index in [4.69, 9.17) is 5.73 Å². The van der Waals surface area contributed by atoms with Crippen molar-refractivity contribution < 1.29 is 21.9 Å². The molecule has 4 nitrogen and oxygen atoms in total. The largest absolute Gasteiger partial charge is 2.00 e. The van der Waals surface area contributed by atoms with Gasteiger partial charge in [-0.05, 0) is 17.7 Å². The van der Waals surface area contributed by atoms with Gasteiger partial charge in [-0.25, -0.2) is 23.2 Å². The minimum absolute atomic E-state index is 0. The van der Waals surface area contributed by atoms with E-state index in [0.29, 0.717) is 0 Å². The number of nitrogen functional groups attached to an aromatic ring is 1. The van der Waals surface area contributed by atoms with Crippen LogP contribution >= 0.6 is 0 Å². The van der Waals surface area contributed by atoms with Crippen LogP contribution in [0.15, 0.2) is 84.0 Å². The van der Waals surface area contributed by atoms with Crippen LogP contribution in [0.25, 0.3) is 0 Å². The number of amides is 1.